The first kappa shape index (κ1) is 6.70. The molecule has 0 amide bonds. The molecule has 0 heterocycles. The Labute approximate surface area is 72.0 Å². The molecule has 0 spiro atoms. The van der Waals surface area contributed by atoms with Crippen molar-refractivity contribution in [2.45, 2.75) is 19.3 Å². The standard InChI is InChI=1S/C10H13NO/c12-11-9-4-3-8-6-1-2-7(5-6)10(8)9/h1-2,6-8,10,12H,3-5H2/b11-9+/t6-,7+,8-,10+/m0/s1. The van der Waals surface area contributed by atoms with E-state index in [1.807, 2.05) is 0 Å². The summed E-state index contributed by atoms with van der Waals surface area (Å²) in [6.45, 7) is 0. The molecule has 0 aromatic rings. The third-order valence-corrected chi connectivity index (χ3v) is 3.87. The minimum Gasteiger partial charge on any atom is -0.411 e. The monoisotopic (exact) mass is 163 g/mol. The zero-order valence-electron chi connectivity index (χ0n) is 6.98. The van der Waals surface area contributed by atoms with Crippen LogP contribution in [0.25, 0.3) is 0 Å². The average molecular weight is 163 g/mol. The molecule has 1 N–H and O–H groups in total. The van der Waals surface area contributed by atoms with Gasteiger partial charge in [-0.25, -0.2) is 0 Å². The van der Waals surface area contributed by atoms with E-state index in [4.69, 9.17) is 5.21 Å². The number of rotatable bonds is 0. The second-order valence-electron chi connectivity index (χ2n) is 4.27. The molecule has 0 radical (unpaired) electrons. The summed E-state index contributed by atoms with van der Waals surface area (Å²) in [6, 6.07) is 0. The van der Waals surface area contributed by atoms with Gasteiger partial charge in [0.1, 0.15) is 0 Å². The highest BCUT2D eigenvalue weighted by Gasteiger charge is 2.49. The summed E-state index contributed by atoms with van der Waals surface area (Å²) in [5.74, 6) is 2.92. The maximum atomic E-state index is 8.81. The van der Waals surface area contributed by atoms with Crippen LogP contribution in [0, 0.1) is 23.7 Å². The summed E-state index contributed by atoms with van der Waals surface area (Å²) in [5, 5.41) is 12.2. The van der Waals surface area contributed by atoms with Gasteiger partial charge in [-0.3, -0.25) is 0 Å². The molecule has 0 aromatic heterocycles. The molecule has 0 unspecified atom stereocenters. The molecule has 2 bridgehead atoms. The Bertz CT molecular complexity index is 269. The Morgan fingerprint density at radius 1 is 1.33 bits per heavy atom. The maximum absolute atomic E-state index is 8.81. The fourth-order valence-electron chi connectivity index (χ4n) is 3.41. The van der Waals surface area contributed by atoms with E-state index in [9.17, 15) is 0 Å². The van der Waals surface area contributed by atoms with E-state index in [-0.39, 0.29) is 0 Å². The maximum Gasteiger partial charge on any atom is 0.0610 e. The summed E-state index contributed by atoms with van der Waals surface area (Å²) < 4.78 is 0. The van der Waals surface area contributed by atoms with Crippen LogP contribution in [0.1, 0.15) is 19.3 Å². The third kappa shape index (κ3) is 0.637. The number of oxime groups is 1. The van der Waals surface area contributed by atoms with Gasteiger partial charge >= 0.3 is 0 Å². The molecule has 12 heavy (non-hydrogen) atoms. The van der Waals surface area contributed by atoms with E-state index in [0.717, 1.165) is 24.0 Å². The lowest BCUT2D eigenvalue weighted by Crippen LogP contribution is -2.19. The topological polar surface area (TPSA) is 32.6 Å². The molecule has 3 aliphatic carbocycles. The Balaban J connectivity index is 1.99. The van der Waals surface area contributed by atoms with Gasteiger partial charge in [-0.05, 0) is 37.0 Å². The molecular formula is C10H13NO. The second kappa shape index (κ2) is 2.12. The highest BCUT2D eigenvalue weighted by molar-refractivity contribution is 5.89. The minimum atomic E-state index is 0.602. The number of nitrogens with zero attached hydrogens (tertiary/aromatic N) is 1. The normalized spacial score (nSPS) is 52.2. The first-order valence-corrected chi connectivity index (χ1v) is 4.79. The Morgan fingerprint density at radius 2 is 2.17 bits per heavy atom. The Morgan fingerprint density at radius 3 is 3.00 bits per heavy atom. The highest BCUT2D eigenvalue weighted by atomic mass is 16.4. The molecule has 64 valence electrons. The molecule has 4 atom stereocenters. The quantitative estimate of drug-likeness (QED) is 0.331. The Kier molecular flexibility index (Phi) is 1.18. The van der Waals surface area contributed by atoms with Crippen LogP contribution in [0.2, 0.25) is 0 Å². The van der Waals surface area contributed by atoms with Crippen molar-refractivity contribution in [3.8, 4) is 0 Å². The first-order chi connectivity index (χ1) is 5.90. The van der Waals surface area contributed by atoms with Crippen molar-refractivity contribution in [2.75, 3.05) is 0 Å². The number of allylic oxidation sites excluding steroid dienone is 2. The summed E-state index contributed by atoms with van der Waals surface area (Å²) in [6.07, 6.45) is 8.28. The van der Waals surface area contributed by atoms with Crippen LogP contribution in [0.3, 0.4) is 0 Å². The van der Waals surface area contributed by atoms with Gasteiger partial charge in [-0.15, -0.1) is 0 Å². The van der Waals surface area contributed by atoms with Crippen molar-refractivity contribution >= 4 is 5.71 Å². The molecule has 0 aromatic carbocycles. The molecule has 2 heteroatoms. The smallest absolute Gasteiger partial charge is 0.0610 e. The van der Waals surface area contributed by atoms with Crippen LogP contribution >= 0.6 is 0 Å². The summed E-state index contributed by atoms with van der Waals surface area (Å²) >= 11 is 0. The van der Waals surface area contributed by atoms with E-state index in [0.29, 0.717) is 11.8 Å². The molecular weight excluding hydrogens is 150 g/mol. The summed E-state index contributed by atoms with van der Waals surface area (Å²) in [4.78, 5) is 0. The van der Waals surface area contributed by atoms with Crippen LogP contribution in [0.5, 0.6) is 0 Å². The molecule has 0 saturated heterocycles. The number of hydrogen-bond donors (Lipinski definition) is 1. The number of hydrogen-bond acceptors (Lipinski definition) is 2. The van der Waals surface area contributed by atoms with Crippen molar-refractivity contribution in [1.82, 2.24) is 0 Å². The van der Waals surface area contributed by atoms with Gasteiger partial charge < -0.3 is 5.21 Å². The molecule has 3 aliphatic rings. The SMILES string of the molecule is O/N=C1\CC[C@@H]2[C@H]1[C@@H]1C=C[C@H]2C1. The lowest BCUT2D eigenvalue weighted by Gasteiger charge is -2.19. The van der Waals surface area contributed by atoms with E-state index in [1.54, 1.807) is 0 Å². The third-order valence-electron chi connectivity index (χ3n) is 3.87. The zero-order valence-corrected chi connectivity index (χ0v) is 6.98. The zero-order chi connectivity index (χ0) is 8.13. The molecule has 2 fully saturated rings. The molecule has 2 saturated carbocycles. The Hall–Kier alpha value is -0.790. The lowest BCUT2D eigenvalue weighted by molar-refractivity contribution is 0.311. The van der Waals surface area contributed by atoms with Crippen LogP contribution in [0.15, 0.2) is 17.3 Å². The van der Waals surface area contributed by atoms with E-state index >= 15 is 0 Å². The molecule has 0 aliphatic heterocycles. The average Bonchev–Trinajstić information content (AvgIpc) is 2.76. The lowest BCUT2D eigenvalue weighted by atomic mass is 9.85. The summed E-state index contributed by atoms with van der Waals surface area (Å²) in [7, 11) is 0. The predicted octanol–water partition coefficient (Wildman–Crippen LogP) is 2.05. The largest absolute Gasteiger partial charge is 0.411 e. The van der Waals surface area contributed by atoms with Gasteiger partial charge in [-0.1, -0.05) is 17.3 Å². The van der Waals surface area contributed by atoms with Gasteiger partial charge in [0.15, 0.2) is 0 Å². The van der Waals surface area contributed by atoms with Crippen molar-refractivity contribution in [3.63, 3.8) is 0 Å². The van der Waals surface area contributed by atoms with Gasteiger partial charge in [0.05, 0.1) is 5.71 Å². The van der Waals surface area contributed by atoms with E-state index < -0.39 is 0 Å². The van der Waals surface area contributed by atoms with Crippen LogP contribution in [0.4, 0.5) is 0 Å². The van der Waals surface area contributed by atoms with Crippen LogP contribution < -0.4 is 0 Å². The molecule has 2 nitrogen and oxygen atoms in total. The van der Waals surface area contributed by atoms with Crippen molar-refractivity contribution in [3.05, 3.63) is 12.2 Å². The summed E-state index contributed by atoms with van der Waals surface area (Å²) in [5.41, 5.74) is 1.07. The fraction of sp³-hybridized carbons (Fsp3) is 0.700. The number of fused-ring (bicyclic) bond motifs is 5. The minimum absolute atomic E-state index is 0.602. The second-order valence-corrected chi connectivity index (χ2v) is 4.27. The highest BCUT2D eigenvalue weighted by Crippen LogP contribution is 2.54. The molecule has 3 rings (SSSR count). The predicted molar refractivity (Wildman–Crippen MR) is 46.2 cm³/mol. The van der Waals surface area contributed by atoms with Crippen molar-refractivity contribution < 1.29 is 5.21 Å². The first-order valence-electron chi connectivity index (χ1n) is 4.79. The van der Waals surface area contributed by atoms with Gasteiger partial charge in [0, 0.05) is 5.92 Å². The van der Waals surface area contributed by atoms with Crippen molar-refractivity contribution in [1.29, 1.82) is 0 Å². The van der Waals surface area contributed by atoms with Crippen molar-refractivity contribution in [2.24, 2.45) is 28.8 Å². The van der Waals surface area contributed by atoms with Crippen LogP contribution in [-0.2, 0) is 0 Å². The van der Waals surface area contributed by atoms with Gasteiger partial charge in [0.2, 0.25) is 0 Å². The fourth-order valence-corrected chi connectivity index (χ4v) is 3.41. The van der Waals surface area contributed by atoms with E-state index in [2.05, 4.69) is 17.3 Å². The van der Waals surface area contributed by atoms with Gasteiger partial charge in [-0.2, -0.15) is 0 Å². The van der Waals surface area contributed by atoms with Gasteiger partial charge in [0.25, 0.3) is 0 Å². The van der Waals surface area contributed by atoms with E-state index in [1.165, 1.54) is 12.8 Å². The van der Waals surface area contributed by atoms with Crippen LogP contribution in [-0.4, -0.2) is 10.9 Å².